The highest BCUT2D eigenvalue weighted by molar-refractivity contribution is 5.17. The van der Waals surface area contributed by atoms with E-state index in [0.29, 0.717) is 23.7 Å². The van der Waals surface area contributed by atoms with Crippen molar-refractivity contribution < 1.29 is 29.9 Å². The van der Waals surface area contributed by atoms with E-state index < -0.39 is 36.3 Å². The molecule has 0 aromatic carbocycles. The number of rotatable bonds is 3. The molecule has 4 aliphatic carbocycles. The lowest BCUT2D eigenvalue weighted by atomic mass is 9.43. The zero-order chi connectivity index (χ0) is 24.6. The predicted molar refractivity (Wildman–Crippen MR) is 128 cm³/mol. The molecule has 0 bridgehead atoms. The van der Waals surface area contributed by atoms with Crippen molar-refractivity contribution in [2.24, 2.45) is 40.2 Å². The maximum atomic E-state index is 12.2. The van der Waals surface area contributed by atoms with Crippen molar-refractivity contribution in [3.8, 4) is 0 Å². The third-order valence-corrected chi connectivity index (χ3v) is 11.6. The number of hydrogen-bond donors (Lipinski definition) is 5. The zero-order valence-electron chi connectivity index (χ0n) is 21.4. The molecule has 7 nitrogen and oxygen atoms in total. The molecule has 0 aromatic rings. The van der Waals surface area contributed by atoms with Crippen LogP contribution in [0.25, 0.3) is 0 Å². The SMILES string of the molecule is C[C@H](N)[C@H]1CC[C@]2(O)[C@@H]3CC[C@@H]4C[C@@H](O[C@@H]5O[C@@H](C)[C@H](O)[C@@H](O)[C@H]5O)CC[C@]4(C)[C@H]3CC[C@]12C. The monoisotopic (exact) mass is 481 g/mol. The van der Waals surface area contributed by atoms with Gasteiger partial charge in [-0.3, -0.25) is 0 Å². The molecular weight excluding hydrogens is 434 g/mol. The van der Waals surface area contributed by atoms with E-state index in [1.807, 2.05) is 0 Å². The highest BCUT2D eigenvalue weighted by Crippen LogP contribution is 2.69. The van der Waals surface area contributed by atoms with Crippen molar-refractivity contribution in [1.82, 2.24) is 0 Å². The van der Waals surface area contributed by atoms with Crippen molar-refractivity contribution in [3.05, 3.63) is 0 Å². The van der Waals surface area contributed by atoms with Crippen LogP contribution in [0.1, 0.15) is 85.5 Å². The van der Waals surface area contributed by atoms with Crippen LogP contribution in [0.5, 0.6) is 0 Å². The van der Waals surface area contributed by atoms with Crippen LogP contribution in [0, 0.1) is 34.5 Å². The van der Waals surface area contributed by atoms with Crippen LogP contribution < -0.4 is 5.73 Å². The van der Waals surface area contributed by atoms with Gasteiger partial charge in [0.15, 0.2) is 6.29 Å². The Morgan fingerprint density at radius 1 is 0.912 bits per heavy atom. The number of aliphatic hydroxyl groups excluding tert-OH is 3. The van der Waals surface area contributed by atoms with E-state index >= 15 is 0 Å². The van der Waals surface area contributed by atoms with Crippen LogP contribution in [0.4, 0.5) is 0 Å². The van der Waals surface area contributed by atoms with Crippen molar-refractivity contribution in [1.29, 1.82) is 0 Å². The van der Waals surface area contributed by atoms with Gasteiger partial charge in [0.05, 0.1) is 17.8 Å². The first-order valence-corrected chi connectivity index (χ1v) is 13.8. The Bertz CT molecular complexity index is 765. The van der Waals surface area contributed by atoms with Gasteiger partial charge >= 0.3 is 0 Å². The van der Waals surface area contributed by atoms with Crippen LogP contribution in [-0.2, 0) is 9.47 Å². The lowest BCUT2D eigenvalue weighted by molar-refractivity contribution is -0.310. The summed E-state index contributed by atoms with van der Waals surface area (Å²) in [5, 5.41) is 42.7. The first-order valence-electron chi connectivity index (χ1n) is 13.8. The molecule has 34 heavy (non-hydrogen) atoms. The molecule has 0 aromatic heterocycles. The Morgan fingerprint density at radius 2 is 1.65 bits per heavy atom. The fourth-order valence-electron chi connectivity index (χ4n) is 9.51. The second-order valence-electron chi connectivity index (χ2n) is 13.1. The van der Waals surface area contributed by atoms with Gasteiger partial charge in [0, 0.05) is 11.5 Å². The van der Waals surface area contributed by atoms with Crippen molar-refractivity contribution >= 4 is 0 Å². The average molecular weight is 482 g/mol. The first kappa shape index (κ1) is 25.4. The Balaban J connectivity index is 1.29. The van der Waals surface area contributed by atoms with Gasteiger partial charge in [0.2, 0.25) is 0 Å². The summed E-state index contributed by atoms with van der Waals surface area (Å²) < 4.78 is 11.9. The largest absolute Gasteiger partial charge is 0.389 e. The Labute approximate surface area is 204 Å². The summed E-state index contributed by atoms with van der Waals surface area (Å²) in [4.78, 5) is 0. The Hall–Kier alpha value is -0.280. The van der Waals surface area contributed by atoms with Gasteiger partial charge in [0.1, 0.15) is 18.3 Å². The molecule has 5 aliphatic rings. The highest BCUT2D eigenvalue weighted by Gasteiger charge is 2.67. The summed E-state index contributed by atoms with van der Waals surface area (Å²) in [7, 11) is 0. The van der Waals surface area contributed by atoms with Gasteiger partial charge in [-0.15, -0.1) is 0 Å². The summed E-state index contributed by atoms with van der Waals surface area (Å²) in [5.74, 6) is 1.77. The van der Waals surface area contributed by atoms with Gasteiger partial charge in [-0.2, -0.15) is 0 Å². The molecule has 4 saturated carbocycles. The topological polar surface area (TPSA) is 125 Å². The van der Waals surface area contributed by atoms with Crippen LogP contribution in [0.2, 0.25) is 0 Å². The number of ether oxygens (including phenoxy) is 2. The van der Waals surface area contributed by atoms with Crippen LogP contribution >= 0.6 is 0 Å². The predicted octanol–water partition coefficient (Wildman–Crippen LogP) is 2.32. The molecule has 1 aliphatic heterocycles. The average Bonchev–Trinajstić information content (AvgIpc) is 3.07. The summed E-state index contributed by atoms with van der Waals surface area (Å²) in [6, 6.07) is 0.120. The normalized spacial score (nSPS) is 58.5. The smallest absolute Gasteiger partial charge is 0.186 e. The molecule has 6 N–H and O–H groups in total. The Morgan fingerprint density at radius 3 is 2.35 bits per heavy atom. The van der Waals surface area contributed by atoms with Crippen molar-refractivity contribution in [2.45, 2.75) is 134 Å². The van der Waals surface area contributed by atoms with E-state index in [2.05, 4.69) is 20.8 Å². The number of nitrogens with two attached hydrogens (primary N) is 1. The van der Waals surface area contributed by atoms with Crippen LogP contribution in [-0.4, -0.2) is 68.9 Å². The number of hydrogen-bond acceptors (Lipinski definition) is 7. The molecule has 7 heteroatoms. The minimum Gasteiger partial charge on any atom is -0.389 e. The van der Waals surface area contributed by atoms with Crippen molar-refractivity contribution in [2.75, 3.05) is 0 Å². The zero-order valence-corrected chi connectivity index (χ0v) is 21.4. The van der Waals surface area contributed by atoms with Gasteiger partial charge in [-0.25, -0.2) is 0 Å². The molecule has 14 atom stereocenters. The summed E-state index contributed by atoms with van der Waals surface area (Å²) in [6.45, 7) is 8.56. The summed E-state index contributed by atoms with van der Waals surface area (Å²) >= 11 is 0. The number of fused-ring (bicyclic) bond motifs is 5. The van der Waals surface area contributed by atoms with Gasteiger partial charge in [-0.05, 0) is 101 Å². The summed E-state index contributed by atoms with van der Waals surface area (Å²) in [5.41, 5.74) is 5.89. The fourth-order valence-corrected chi connectivity index (χ4v) is 9.51. The molecule has 0 amide bonds. The van der Waals surface area contributed by atoms with Gasteiger partial charge < -0.3 is 35.6 Å². The van der Waals surface area contributed by atoms with E-state index in [1.165, 1.54) is 0 Å². The van der Waals surface area contributed by atoms with Crippen LogP contribution in [0.3, 0.4) is 0 Å². The summed E-state index contributed by atoms with van der Waals surface area (Å²) in [6.07, 6.45) is 3.96. The first-order chi connectivity index (χ1) is 15.9. The number of aliphatic hydroxyl groups is 4. The minimum atomic E-state index is -1.26. The third-order valence-electron chi connectivity index (χ3n) is 11.6. The molecule has 5 rings (SSSR count). The molecular formula is C27H47NO6. The van der Waals surface area contributed by atoms with Gasteiger partial charge in [-0.1, -0.05) is 13.8 Å². The standard InChI is InChI=1S/C27H47NO6/c1-14(28)18-9-12-27(32)20-6-5-16-13-17(34-24-23(31)22(30)21(29)15(2)33-24)7-10-25(16,3)19(20)8-11-26(18,27)4/h14-24,29-32H,5-13,28H2,1-4H3/t14-,15-,16+,17-,18+,19-,20+,21-,22+,23+,24-,25-,26+,27-/m0/s1. The molecule has 1 heterocycles. The van der Waals surface area contributed by atoms with E-state index in [9.17, 15) is 20.4 Å². The lowest BCUT2D eigenvalue weighted by Crippen LogP contribution is -2.63. The molecule has 5 fully saturated rings. The van der Waals surface area contributed by atoms with E-state index in [-0.39, 0.29) is 23.0 Å². The maximum absolute atomic E-state index is 12.2. The fraction of sp³-hybridized carbons (Fsp3) is 1.00. The molecule has 0 radical (unpaired) electrons. The highest BCUT2D eigenvalue weighted by atomic mass is 16.7. The second kappa shape index (κ2) is 8.64. The molecule has 0 unspecified atom stereocenters. The third kappa shape index (κ3) is 3.56. The van der Waals surface area contributed by atoms with E-state index in [1.54, 1.807) is 6.92 Å². The minimum absolute atomic E-state index is 0.0326. The van der Waals surface area contributed by atoms with Gasteiger partial charge in [0.25, 0.3) is 0 Å². The molecule has 0 spiro atoms. The second-order valence-corrected chi connectivity index (χ2v) is 13.1. The molecule has 1 saturated heterocycles. The maximum Gasteiger partial charge on any atom is 0.186 e. The Kier molecular flexibility index (Phi) is 6.45. The van der Waals surface area contributed by atoms with Crippen LogP contribution in [0.15, 0.2) is 0 Å². The van der Waals surface area contributed by atoms with Crippen molar-refractivity contribution in [3.63, 3.8) is 0 Å². The van der Waals surface area contributed by atoms with E-state index in [0.717, 1.165) is 57.8 Å². The lowest BCUT2D eigenvalue weighted by Gasteiger charge is -2.64. The molecule has 196 valence electrons. The van der Waals surface area contributed by atoms with E-state index in [4.69, 9.17) is 15.2 Å². The quantitative estimate of drug-likeness (QED) is 0.392.